The Kier molecular flexibility index (Phi) is 5.33. The molecule has 3 N–H and O–H groups in total. The highest BCUT2D eigenvalue weighted by atomic mass is 16.2. The van der Waals surface area contributed by atoms with Crippen molar-refractivity contribution in [2.45, 2.75) is 38.3 Å². The summed E-state index contributed by atoms with van der Waals surface area (Å²) in [5.41, 5.74) is 7.07. The van der Waals surface area contributed by atoms with E-state index >= 15 is 0 Å². The number of piperidine rings is 1. The number of nitrogens with one attached hydrogen (secondary N) is 1. The SMILES string of the molecule is CC(=O)N[C@H]1CCCN(C(=O)C[C@@H](N)c2ccccc2)C1. The van der Waals surface area contributed by atoms with Crippen LogP contribution in [0.1, 0.15) is 37.8 Å². The smallest absolute Gasteiger partial charge is 0.224 e. The topological polar surface area (TPSA) is 75.4 Å². The average Bonchev–Trinajstić information content (AvgIpc) is 2.47. The van der Waals surface area contributed by atoms with Crippen LogP contribution >= 0.6 is 0 Å². The van der Waals surface area contributed by atoms with Gasteiger partial charge in [0.2, 0.25) is 11.8 Å². The lowest BCUT2D eigenvalue weighted by atomic mass is 10.0. The van der Waals surface area contributed by atoms with Crippen molar-refractivity contribution in [3.05, 3.63) is 35.9 Å². The Morgan fingerprint density at radius 1 is 1.38 bits per heavy atom. The van der Waals surface area contributed by atoms with E-state index < -0.39 is 0 Å². The van der Waals surface area contributed by atoms with Gasteiger partial charge in [-0.15, -0.1) is 0 Å². The monoisotopic (exact) mass is 289 g/mol. The number of hydrogen-bond acceptors (Lipinski definition) is 3. The fraction of sp³-hybridized carbons (Fsp3) is 0.500. The zero-order chi connectivity index (χ0) is 15.2. The molecule has 5 heteroatoms. The van der Waals surface area contributed by atoms with Crippen LogP contribution in [0.15, 0.2) is 30.3 Å². The minimum atomic E-state index is -0.278. The van der Waals surface area contributed by atoms with Gasteiger partial charge in [0, 0.05) is 38.5 Å². The van der Waals surface area contributed by atoms with Gasteiger partial charge in [0.15, 0.2) is 0 Å². The summed E-state index contributed by atoms with van der Waals surface area (Å²) in [5, 5.41) is 2.89. The summed E-state index contributed by atoms with van der Waals surface area (Å²) >= 11 is 0. The zero-order valence-corrected chi connectivity index (χ0v) is 12.4. The van der Waals surface area contributed by atoms with Gasteiger partial charge in [-0.2, -0.15) is 0 Å². The van der Waals surface area contributed by atoms with Crippen LogP contribution in [0, 0.1) is 0 Å². The van der Waals surface area contributed by atoms with Gasteiger partial charge in [-0.1, -0.05) is 30.3 Å². The van der Waals surface area contributed by atoms with E-state index in [1.165, 1.54) is 6.92 Å². The second-order valence-corrected chi connectivity index (χ2v) is 5.60. The fourth-order valence-electron chi connectivity index (χ4n) is 2.74. The molecule has 0 bridgehead atoms. The maximum Gasteiger partial charge on any atom is 0.224 e. The molecule has 21 heavy (non-hydrogen) atoms. The number of nitrogens with zero attached hydrogens (tertiary/aromatic N) is 1. The molecule has 1 fully saturated rings. The number of rotatable bonds is 4. The second-order valence-electron chi connectivity index (χ2n) is 5.60. The highest BCUT2D eigenvalue weighted by Crippen LogP contribution is 2.17. The lowest BCUT2D eigenvalue weighted by Crippen LogP contribution is -2.49. The van der Waals surface area contributed by atoms with E-state index in [0.717, 1.165) is 24.9 Å². The Labute approximate surface area is 125 Å². The zero-order valence-electron chi connectivity index (χ0n) is 12.4. The van der Waals surface area contributed by atoms with Crippen molar-refractivity contribution in [1.82, 2.24) is 10.2 Å². The van der Waals surface area contributed by atoms with Gasteiger partial charge >= 0.3 is 0 Å². The molecule has 0 unspecified atom stereocenters. The Hall–Kier alpha value is -1.88. The standard InChI is InChI=1S/C16H23N3O2/c1-12(20)18-14-8-5-9-19(11-14)16(21)10-15(17)13-6-3-2-4-7-13/h2-4,6-7,14-15H,5,8-11,17H2,1H3,(H,18,20)/t14-,15+/m0/s1. The molecule has 1 aromatic rings. The summed E-state index contributed by atoms with van der Waals surface area (Å²) in [6.45, 7) is 2.84. The van der Waals surface area contributed by atoms with Crippen molar-refractivity contribution in [3.8, 4) is 0 Å². The summed E-state index contributed by atoms with van der Waals surface area (Å²) in [4.78, 5) is 25.3. The maximum atomic E-state index is 12.3. The first-order chi connectivity index (χ1) is 10.1. The molecule has 1 aliphatic heterocycles. The van der Waals surface area contributed by atoms with E-state index in [9.17, 15) is 9.59 Å². The van der Waals surface area contributed by atoms with Crippen LogP contribution in [0.4, 0.5) is 0 Å². The highest BCUT2D eigenvalue weighted by Gasteiger charge is 2.25. The van der Waals surface area contributed by atoms with E-state index in [0.29, 0.717) is 13.0 Å². The molecule has 1 saturated heterocycles. The third-order valence-corrected chi connectivity index (χ3v) is 3.80. The normalized spacial score (nSPS) is 19.9. The molecule has 0 saturated carbocycles. The van der Waals surface area contributed by atoms with Gasteiger partial charge in [0.25, 0.3) is 0 Å². The van der Waals surface area contributed by atoms with Crippen molar-refractivity contribution in [2.75, 3.05) is 13.1 Å². The van der Waals surface area contributed by atoms with Gasteiger partial charge in [-0.25, -0.2) is 0 Å². The Morgan fingerprint density at radius 2 is 2.10 bits per heavy atom. The molecule has 0 aliphatic carbocycles. The first-order valence-electron chi connectivity index (χ1n) is 7.41. The molecule has 5 nitrogen and oxygen atoms in total. The fourth-order valence-corrected chi connectivity index (χ4v) is 2.74. The van der Waals surface area contributed by atoms with Crippen LogP contribution in [-0.4, -0.2) is 35.8 Å². The molecule has 2 atom stereocenters. The Morgan fingerprint density at radius 3 is 2.76 bits per heavy atom. The number of carbonyl (C=O) groups excluding carboxylic acids is 2. The van der Waals surface area contributed by atoms with Crippen LogP contribution in [0.2, 0.25) is 0 Å². The van der Waals surface area contributed by atoms with Crippen LogP contribution in [0.3, 0.4) is 0 Å². The quantitative estimate of drug-likeness (QED) is 0.874. The Bertz CT molecular complexity index is 490. The van der Waals surface area contributed by atoms with Gasteiger partial charge in [0.1, 0.15) is 0 Å². The summed E-state index contributed by atoms with van der Waals surface area (Å²) in [5.74, 6) is 0.0108. The van der Waals surface area contributed by atoms with Gasteiger partial charge in [-0.3, -0.25) is 9.59 Å². The number of amides is 2. The molecule has 1 aliphatic rings. The summed E-state index contributed by atoms with van der Waals surface area (Å²) in [6, 6.07) is 9.44. The third kappa shape index (κ3) is 4.56. The predicted octanol–water partition coefficient (Wildman–Crippen LogP) is 1.20. The van der Waals surface area contributed by atoms with Crippen molar-refractivity contribution >= 4 is 11.8 Å². The van der Waals surface area contributed by atoms with Crippen molar-refractivity contribution in [2.24, 2.45) is 5.73 Å². The van der Waals surface area contributed by atoms with Crippen LogP contribution in [0.25, 0.3) is 0 Å². The van der Waals surface area contributed by atoms with Crippen LogP contribution < -0.4 is 11.1 Å². The molecule has 0 radical (unpaired) electrons. The predicted molar refractivity (Wildman–Crippen MR) is 81.4 cm³/mol. The first kappa shape index (κ1) is 15.5. The van der Waals surface area contributed by atoms with Crippen molar-refractivity contribution in [3.63, 3.8) is 0 Å². The molecule has 2 rings (SSSR count). The number of hydrogen-bond donors (Lipinski definition) is 2. The maximum absolute atomic E-state index is 12.3. The number of nitrogens with two attached hydrogens (primary N) is 1. The summed E-state index contributed by atoms with van der Waals surface area (Å²) in [6.07, 6.45) is 2.14. The molecule has 2 amide bonds. The van der Waals surface area contributed by atoms with Gasteiger partial charge in [-0.05, 0) is 18.4 Å². The van der Waals surface area contributed by atoms with Crippen LogP contribution in [-0.2, 0) is 9.59 Å². The number of benzene rings is 1. The van der Waals surface area contributed by atoms with E-state index in [2.05, 4.69) is 5.32 Å². The van der Waals surface area contributed by atoms with Gasteiger partial charge < -0.3 is 16.0 Å². The van der Waals surface area contributed by atoms with E-state index in [1.54, 1.807) is 0 Å². The molecule has 114 valence electrons. The number of likely N-dealkylation sites (tertiary alicyclic amines) is 1. The molecule has 0 spiro atoms. The molecule has 0 aromatic heterocycles. The van der Waals surface area contributed by atoms with Crippen molar-refractivity contribution < 1.29 is 9.59 Å². The average molecular weight is 289 g/mol. The molecular weight excluding hydrogens is 266 g/mol. The summed E-state index contributed by atoms with van der Waals surface area (Å²) in [7, 11) is 0. The minimum Gasteiger partial charge on any atom is -0.352 e. The molecule has 1 heterocycles. The lowest BCUT2D eigenvalue weighted by Gasteiger charge is -2.33. The lowest BCUT2D eigenvalue weighted by molar-refractivity contribution is -0.133. The first-order valence-corrected chi connectivity index (χ1v) is 7.41. The highest BCUT2D eigenvalue weighted by molar-refractivity contribution is 5.77. The van der Waals surface area contributed by atoms with Crippen LogP contribution in [0.5, 0.6) is 0 Å². The second kappa shape index (κ2) is 7.22. The Balaban J connectivity index is 1.89. The largest absolute Gasteiger partial charge is 0.352 e. The van der Waals surface area contributed by atoms with E-state index in [1.807, 2.05) is 35.2 Å². The molecular formula is C16H23N3O2. The third-order valence-electron chi connectivity index (χ3n) is 3.80. The summed E-state index contributed by atoms with van der Waals surface area (Å²) < 4.78 is 0. The number of carbonyl (C=O) groups is 2. The van der Waals surface area contributed by atoms with E-state index in [-0.39, 0.29) is 23.9 Å². The minimum absolute atomic E-state index is 0.0460. The van der Waals surface area contributed by atoms with Crippen molar-refractivity contribution in [1.29, 1.82) is 0 Å². The van der Waals surface area contributed by atoms with E-state index in [4.69, 9.17) is 5.73 Å². The molecule has 1 aromatic carbocycles. The van der Waals surface area contributed by atoms with Gasteiger partial charge in [0.05, 0.1) is 0 Å².